The van der Waals surface area contributed by atoms with E-state index in [1.165, 1.54) is 0 Å². The Bertz CT molecular complexity index is 335. The lowest BCUT2D eigenvalue weighted by atomic mass is 9.76. The minimum Gasteiger partial charge on any atom is -0.370 e. The van der Waals surface area contributed by atoms with Crippen LogP contribution in [0.4, 0.5) is 0 Å². The van der Waals surface area contributed by atoms with Crippen molar-refractivity contribution in [1.82, 2.24) is 5.32 Å². The molecule has 0 aromatic heterocycles. The fourth-order valence-electron chi connectivity index (χ4n) is 2.75. The molecular formula is C13H20N2O. The molecule has 3 N–H and O–H groups in total. The Kier molecular flexibility index (Phi) is 3.15. The number of primary amides is 1. The number of amides is 1. The van der Waals surface area contributed by atoms with Gasteiger partial charge in [0, 0.05) is 23.9 Å². The third-order valence-corrected chi connectivity index (χ3v) is 3.77. The Morgan fingerprint density at radius 2 is 2.31 bits per heavy atom. The van der Waals surface area contributed by atoms with Crippen LogP contribution in [0.3, 0.4) is 0 Å². The highest BCUT2D eigenvalue weighted by atomic mass is 16.1. The van der Waals surface area contributed by atoms with E-state index in [0.29, 0.717) is 12.5 Å². The zero-order valence-electron chi connectivity index (χ0n) is 9.78. The molecule has 88 valence electrons. The van der Waals surface area contributed by atoms with E-state index in [1.54, 1.807) is 0 Å². The molecule has 1 saturated heterocycles. The molecule has 0 aromatic carbocycles. The number of hydrogen-bond acceptors (Lipinski definition) is 2. The lowest BCUT2D eigenvalue weighted by Crippen LogP contribution is -2.42. The minimum atomic E-state index is -0.206. The first-order chi connectivity index (χ1) is 7.60. The largest absolute Gasteiger partial charge is 0.370 e. The Hall–Kier alpha value is -1.09. The van der Waals surface area contributed by atoms with E-state index in [0.717, 1.165) is 19.3 Å². The molecule has 1 fully saturated rings. The Morgan fingerprint density at radius 3 is 2.94 bits per heavy atom. The van der Waals surface area contributed by atoms with Gasteiger partial charge in [0.2, 0.25) is 5.91 Å². The number of rotatable bonds is 3. The van der Waals surface area contributed by atoms with Crippen LogP contribution in [-0.2, 0) is 4.79 Å². The van der Waals surface area contributed by atoms with Gasteiger partial charge in [-0.15, -0.1) is 0 Å². The molecule has 2 aliphatic rings. The highest BCUT2D eigenvalue weighted by molar-refractivity contribution is 5.74. The van der Waals surface area contributed by atoms with Crippen molar-refractivity contribution in [3.63, 3.8) is 0 Å². The van der Waals surface area contributed by atoms with E-state index in [1.807, 2.05) is 0 Å². The number of hydrogen-bond donors (Lipinski definition) is 2. The summed E-state index contributed by atoms with van der Waals surface area (Å²) in [6, 6.07) is 0.747. The van der Waals surface area contributed by atoms with E-state index >= 15 is 0 Å². The van der Waals surface area contributed by atoms with Crippen LogP contribution in [0.2, 0.25) is 0 Å². The molecular weight excluding hydrogens is 200 g/mol. The van der Waals surface area contributed by atoms with Gasteiger partial charge >= 0.3 is 0 Å². The van der Waals surface area contributed by atoms with Crippen molar-refractivity contribution >= 4 is 5.91 Å². The van der Waals surface area contributed by atoms with Crippen molar-refractivity contribution in [3.8, 4) is 0 Å². The molecule has 0 spiro atoms. The van der Waals surface area contributed by atoms with Gasteiger partial charge in [0.1, 0.15) is 0 Å². The maximum absolute atomic E-state index is 10.9. The molecule has 1 amide bonds. The van der Waals surface area contributed by atoms with Crippen molar-refractivity contribution in [3.05, 3.63) is 24.3 Å². The van der Waals surface area contributed by atoms with Gasteiger partial charge in [-0.3, -0.25) is 4.79 Å². The summed E-state index contributed by atoms with van der Waals surface area (Å²) in [5.74, 6) is -0.206. The first-order valence-electron chi connectivity index (χ1n) is 5.99. The van der Waals surface area contributed by atoms with E-state index in [4.69, 9.17) is 5.73 Å². The summed E-state index contributed by atoms with van der Waals surface area (Å²) in [5, 5.41) is 3.55. The van der Waals surface area contributed by atoms with Gasteiger partial charge in [0.15, 0.2) is 0 Å². The fourth-order valence-corrected chi connectivity index (χ4v) is 2.75. The molecule has 0 aromatic rings. The maximum atomic E-state index is 10.9. The topological polar surface area (TPSA) is 55.1 Å². The van der Waals surface area contributed by atoms with Gasteiger partial charge in [0.25, 0.3) is 0 Å². The second-order valence-electron chi connectivity index (χ2n) is 5.16. The summed E-state index contributed by atoms with van der Waals surface area (Å²) in [4.78, 5) is 10.9. The van der Waals surface area contributed by atoms with E-state index in [-0.39, 0.29) is 17.4 Å². The predicted octanol–water partition coefficient (Wildman–Crippen LogP) is 1.50. The van der Waals surface area contributed by atoms with Crippen molar-refractivity contribution in [2.45, 2.75) is 44.7 Å². The van der Waals surface area contributed by atoms with Gasteiger partial charge in [-0.25, -0.2) is 0 Å². The lowest BCUT2D eigenvalue weighted by Gasteiger charge is -2.34. The van der Waals surface area contributed by atoms with Crippen LogP contribution in [0.1, 0.15) is 32.6 Å². The zero-order chi connectivity index (χ0) is 11.6. The van der Waals surface area contributed by atoms with Crippen LogP contribution >= 0.6 is 0 Å². The first-order valence-corrected chi connectivity index (χ1v) is 5.99. The molecule has 16 heavy (non-hydrogen) atoms. The highest BCUT2D eigenvalue weighted by Crippen LogP contribution is 2.36. The van der Waals surface area contributed by atoms with Crippen LogP contribution in [0, 0.1) is 5.41 Å². The van der Waals surface area contributed by atoms with Gasteiger partial charge in [-0.1, -0.05) is 31.2 Å². The summed E-state index contributed by atoms with van der Waals surface area (Å²) < 4.78 is 0. The molecule has 3 heteroatoms. The summed E-state index contributed by atoms with van der Waals surface area (Å²) in [6.45, 7) is 2.28. The summed E-state index contributed by atoms with van der Waals surface area (Å²) in [6.07, 6.45) is 12.4. The molecule has 1 aliphatic carbocycles. The van der Waals surface area contributed by atoms with E-state index in [2.05, 4.69) is 36.5 Å². The van der Waals surface area contributed by atoms with Crippen molar-refractivity contribution in [1.29, 1.82) is 0 Å². The number of carbonyl (C=O) groups is 1. The zero-order valence-corrected chi connectivity index (χ0v) is 9.78. The fraction of sp³-hybridized carbons (Fsp3) is 0.615. The molecule has 3 nitrogen and oxygen atoms in total. The summed E-state index contributed by atoms with van der Waals surface area (Å²) >= 11 is 0. The number of nitrogens with one attached hydrogen (secondary N) is 1. The average Bonchev–Trinajstić information content (AvgIpc) is 2.67. The molecule has 3 atom stereocenters. The van der Waals surface area contributed by atoms with Crippen LogP contribution in [0.15, 0.2) is 24.3 Å². The molecule has 0 radical (unpaired) electrons. The summed E-state index contributed by atoms with van der Waals surface area (Å²) in [5.41, 5.74) is 5.42. The molecule has 1 aliphatic heterocycles. The van der Waals surface area contributed by atoms with Gasteiger partial charge in [0.05, 0.1) is 0 Å². The highest BCUT2D eigenvalue weighted by Gasteiger charge is 2.37. The minimum absolute atomic E-state index is 0.196. The van der Waals surface area contributed by atoms with Gasteiger partial charge in [-0.2, -0.15) is 0 Å². The van der Waals surface area contributed by atoms with Crippen LogP contribution in [0.25, 0.3) is 0 Å². The number of nitrogens with two attached hydrogens (primary N) is 1. The van der Waals surface area contributed by atoms with Crippen LogP contribution in [0.5, 0.6) is 0 Å². The third kappa shape index (κ3) is 2.35. The number of carbonyl (C=O) groups excluding carboxylic acids is 1. The SMILES string of the molecule is CC1([C@@H]2CCC(CC(N)=O)N2)C=CC=CC1. The Labute approximate surface area is 96.8 Å². The van der Waals surface area contributed by atoms with Crippen LogP contribution in [-0.4, -0.2) is 18.0 Å². The Balaban J connectivity index is 1.95. The van der Waals surface area contributed by atoms with Gasteiger partial charge in [-0.05, 0) is 19.3 Å². The molecule has 0 saturated carbocycles. The third-order valence-electron chi connectivity index (χ3n) is 3.77. The quantitative estimate of drug-likeness (QED) is 0.757. The van der Waals surface area contributed by atoms with E-state index in [9.17, 15) is 4.79 Å². The predicted molar refractivity (Wildman–Crippen MR) is 64.8 cm³/mol. The smallest absolute Gasteiger partial charge is 0.218 e. The standard InChI is InChI=1S/C13H20N2O/c1-13(7-3-2-4-8-13)11-6-5-10(15-11)9-12(14)16/h2-4,7,10-11,15H,5-6,8-9H2,1H3,(H2,14,16)/t10?,11-,13?/m0/s1. The van der Waals surface area contributed by atoms with Crippen molar-refractivity contribution < 1.29 is 4.79 Å². The van der Waals surface area contributed by atoms with Crippen molar-refractivity contribution in [2.75, 3.05) is 0 Å². The second-order valence-corrected chi connectivity index (χ2v) is 5.16. The van der Waals surface area contributed by atoms with Crippen molar-refractivity contribution in [2.24, 2.45) is 11.1 Å². The van der Waals surface area contributed by atoms with E-state index < -0.39 is 0 Å². The maximum Gasteiger partial charge on any atom is 0.218 e. The molecule has 1 heterocycles. The molecule has 2 unspecified atom stereocenters. The Morgan fingerprint density at radius 1 is 1.50 bits per heavy atom. The van der Waals surface area contributed by atoms with Gasteiger partial charge < -0.3 is 11.1 Å². The average molecular weight is 220 g/mol. The second kappa shape index (κ2) is 4.42. The summed E-state index contributed by atoms with van der Waals surface area (Å²) in [7, 11) is 0. The normalized spacial score (nSPS) is 37.8. The van der Waals surface area contributed by atoms with Crippen LogP contribution < -0.4 is 11.1 Å². The monoisotopic (exact) mass is 220 g/mol. The molecule has 0 bridgehead atoms. The first kappa shape index (κ1) is 11.4. The molecule has 2 rings (SSSR count). The lowest BCUT2D eigenvalue weighted by molar-refractivity contribution is -0.118. The number of allylic oxidation sites excluding steroid dienone is 3.